The average molecular weight is 250 g/mol. The van der Waals surface area contributed by atoms with Gasteiger partial charge in [0, 0.05) is 31.0 Å². The van der Waals surface area contributed by atoms with Crippen LogP contribution in [0.2, 0.25) is 0 Å². The first-order valence-corrected chi connectivity index (χ1v) is 7.06. The van der Waals surface area contributed by atoms with Gasteiger partial charge in [0.05, 0.1) is 6.54 Å². The van der Waals surface area contributed by atoms with E-state index in [1.165, 1.54) is 19.3 Å². The van der Waals surface area contributed by atoms with E-state index in [4.69, 9.17) is 0 Å². The third kappa shape index (κ3) is 2.75. The Bertz CT molecular complexity index is 366. The monoisotopic (exact) mass is 250 g/mol. The molecule has 0 bridgehead atoms. The van der Waals surface area contributed by atoms with Crippen LogP contribution in [-0.4, -0.2) is 40.6 Å². The first-order chi connectivity index (χ1) is 8.68. The van der Waals surface area contributed by atoms with Gasteiger partial charge in [0.15, 0.2) is 0 Å². The number of hydrogen-bond acceptors (Lipinski definition) is 3. The number of nitrogens with zero attached hydrogens (tertiary/aromatic N) is 3. The fourth-order valence-corrected chi connectivity index (χ4v) is 2.73. The molecule has 0 unspecified atom stereocenters. The second-order valence-electron chi connectivity index (χ2n) is 5.61. The molecule has 2 rings (SSSR count). The molecule has 102 valence electrons. The summed E-state index contributed by atoms with van der Waals surface area (Å²) in [6.07, 6.45) is 9.13. The highest BCUT2D eigenvalue weighted by Gasteiger charge is 2.38. The standard InChI is InChI=1S/C14H26N4/c1-4-9-18-10-8-16-13(18)11-15-12-14(17(2)3)6-5-7-14/h8,10,15H,4-7,9,11-12H2,1-3H3. The smallest absolute Gasteiger partial charge is 0.122 e. The molecule has 0 amide bonds. The highest BCUT2D eigenvalue weighted by Crippen LogP contribution is 2.35. The predicted molar refractivity (Wildman–Crippen MR) is 74.5 cm³/mol. The SMILES string of the molecule is CCCn1ccnc1CNCC1(N(C)C)CCC1. The van der Waals surface area contributed by atoms with Gasteiger partial charge in [0.2, 0.25) is 0 Å². The van der Waals surface area contributed by atoms with Gasteiger partial charge < -0.3 is 14.8 Å². The van der Waals surface area contributed by atoms with Gasteiger partial charge >= 0.3 is 0 Å². The Morgan fingerprint density at radius 1 is 1.44 bits per heavy atom. The summed E-state index contributed by atoms with van der Waals surface area (Å²) in [5.41, 5.74) is 0.391. The van der Waals surface area contributed by atoms with Crippen LogP contribution in [0.25, 0.3) is 0 Å². The second kappa shape index (κ2) is 5.85. The molecule has 4 nitrogen and oxygen atoms in total. The van der Waals surface area contributed by atoms with Crippen molar-refractivity contribution in [2.45, 2.75) is 51.2 Å². The van der Waals surface area contributed by atoms with Crippen LogP contribution in [0.3, 0.4) is 0 Å². The highest BCUT2D eigenvalue weighted by molar-refractivity contribution is 4.99. The van der Waals surface area contributed by atoms with Gasteiger partial charge in [-0.15, -0.1) is 0 Å². The van der Waals surface area contributed by atoms with Gasteiger partial charge in [-0.2, -0.15) is 0 Å². The highest BCUT2D eigenvalue weighted by atomic mass is 15.2. The fraction of sp³-hybridized carbons (Fsp3) is 0.786. The number of aromatic nitrogens is 2. The van der Waals surface area contributed by atoms with E-state index in [-0.39, 0.29) is 0 Å². The number of aryl methyl sites for hydroxylation is 1. The van der Waals surface area contributed by atoms with Crippen molar-refractivity contribution in [3.63, 3.8) is 0 Å². The molecule has 4 heteroatoms. The van der Waals surface area contributed by atoms with Crippen molar-refractivity contribution >= 4 is 0 Å². The van der Waals surface area contributed by atoms with E-state index in [1.54, 1.807) is 0 Å². The fourth-order valence-electron chi connectivity index (χ4n) is 2.73. The van der Waals surface area contributed by atoms with Crippen LogP contribution in [0.1, 0.15) is 38.4 Å². The Labute approximate surface area is 110 Å². The van der Waals surface area contributed by atoms with E-state index in [2.05, 4.69) is 47.0 Å². The lowest BCUT2D eigenvalue weighted by Crippen LogP contribution is -2.56. The summed E-state index contributed by atoms with van der Waals surface area (Å²) in [4.78, 5) is 6.81. The predicted octanol–water partition coefficient (Wildman–Crippen LogP) is 1.87. The van der Waals surface area contributed by atoms with Gasteiger partial charge in [-0.3, -0.25) is 0 Å². The quantitative estimate of drug-likeness (QED) is 0.802. The Morgan fingerprint density at radius 3 is 2.78 bits per heavy atom. The topological polar surface area (TPSA) is 33.1 Å². The molecule has 1 N–H and O–H groups in total. The van der Waals surface area contributed by atoms with E-state index in [9.17, 15) is 0 Å². The van der Waals surface area contributed by atoms with Crippen molar-refractivity contribution < 1.29 is 0 Å². The Hall–Kier alpha value is -0.870. The minimum Gasteiger partial charge on any atom is -0.334 e. The van der Waals surface area contributed by atoms with Crippen LogP contribution in [0.5, 0.6) is 0 Å². The molecule has 0 saturated heterocycles. The van der Waals surface area contributed by atoms with Gasteiger partial charge in [-0.05, 0) is 39.8 Å². The van der Waals surface area contributed by atoms with E-state index >= 15 is 0 Å². The van der Waals surface area contributed by atoms with E-state index in [0.717, 1.165) is 31.9 Å². The zero-order chi connectivity index (χ0) is 13.0. The molecular formula is C14H26N4. The maximum atomic E-state index is 4.43. The summed E-state index contributed by atoms with van der Waals surface area (Å²) >= 11 is 0. The van der Waals surface area contributed by atoms with Crippen LogP contribution >= 0.6 is 0 Å². The second-order valence-corrected chi connectivity index (χ2v) is 5.61. The van der Waals surface area contributed by atoms with Crippen LogP contribution in [0, 0.1) is 0 Å². The van der Waals surface area contributed by atoms with Crippen molar-refractivity contribution in [1.29, 1.82) is 0 Å². The zero-order valence-corrected chi connectivity index (χ0v) is 11.9. The van der Waals surface area contributed by atoms with E-state index < -0.39 is 0 Å². The maximum Gasteiger partial charge on any atom is 0.122 e. The molecule has 18 heavy (non-hydrogen) atoms. The first-order valence-electron chi connectivity index (χ1n) is 7.06. The number of imidazole rings is 1. The summed E-state index contributed by atoms with van der Waals surface area (Å²) < 4.78 is 2.25. The van der Waals surface area contributed by atoms with Gasteiger partial charge in [-0.1, -0.05) is 6.92 Å². The summed E-state index contributed by atoms with van der Waals surface area (Å²) in [6, 6.07) is 0. The number of nitrogens with one attached hydrogen (secondary N) is 1. The van der Waals surface area contributed by atoms with Crippen LogP contribution in [0.4, 0.5) is 0 Å². The third-order valence-corrected chi connectivity index (χ3v) is 4.24. The molecule has 0 radical (unpaired) electrons. The van der Waals surface area contributed by atoms with E-state index in [0.29, 0.717) is 5.54 Å². The van der Waals surface area contributed by atoms with Gasteiger partial charge in [-0.25, -0.2) is 4.98 Å². The van der Waals surface area contributed by atoms with E-state index in [1.807, 2.05) is 6.20 Å². The van der Waals surface area contributed by atoms with Crippen LogP contribution < -0.4 is 5.32 Å². The molecule has 1 heterocycles. The van der Waals surface area contributed by atoms with Crippen LogP contribution in [-0.2, 0) is 13.1 Å². The molecule has 1 aliphatic carbocycles. The van der Waals surface area contributed by atoms with Crippen molar-refractivity contribution in [2.24, 2.45) is 0 Å². The largest absolute Gasteiger partial charge is 0.334 e. The zero-order valence-electron chi connectivity index (χ0n) is 11.9. The van der Waals surface area contributed by atoms with Gasteiger partial charge in [0.1, 0.15) is 5.82 Å². The lowest BCUT2D eigenvalue weighted by molar-refractivity contribution is 0.0596. The summed E-state index contributed by atoms with van der Waals surface area (Å²) in [7, 11) is 4.39. The minimum absolute atomic E-state index is 0.391. The maximum absolute atomic E-state index is 4.43. The van der Waals surface area contributed by atoms with Crippen molar-refractivity contribution in [3.8, 4) is 0 Å². The molecule has 1 aromatic rings. The third-order valence-electron chi connectivity index (χ3n) is 4.24. The Kier molecular flexibility index (Phi) is 4.40. The molecule has 0 aromatic carbocycles. The van der Waals surface area contributed by atoms with Crippen molar-refractivity contribution in [2.75, 3.05) is 20.6 Å². The molecule has 1 fully saturated rings. The minimum atomic E-state index is 0.391. The molecule has 1 aliphatic rings. The van der Waals surface area contributed by atoms with Gasteiger partial charge in [0.25, 0.3) is 0 Å². The Morgan fingerprint density at radius 2 is 2.22 bits per heavy atom. The summed E-state index contributed by atoms with van der Waals surface area (Å²) in [5.74, 6) is 1.16. The van der Waals surface area contributed by atoms with Crippen molar-refractivity contribution in [1.82, 2.24) is 19.8 Å². The van der Waals surface area contributed by atoms with Crippen molar-refractivity contribution in [3.05, 3.63) is 18.2 Å². The number of likely N-dealkylation sites (N-methyl/N-ethyl adjacent to an activating group) is 1. The molecule has 0 spiro atoms. The molecule has 1 aromatic heterocycles. The number of rotatable bonds is 7. The summed E-state index contributed by atoms with van der Waals surface area (Å²) in [6.45, 7) is 5.21. The molecule has 0 aliphatic heterocycles. The first kappa shape index (κ1) is 13.6. The molecule has 0 atom stereocenters. The summed E-state index contributed by atoms with van der Waals surface area (Å²) in [5, 5.41) is 3.59. The average Bonchev–Trinajstić information content (AvgIpc) is 2.70. The molecular weight excluding hydrogens is 224 g/mol. The Balaban J connectivity index is 1.82. The normalized spacial score (nSPS) is 18.0. The number of hydrogen-bond donors (Lipinski definition) is 1. The molecule has 1 saturated carbocycles. The lowest BCUT2D eigenvalue weighted by Gasteiger charge is -2.47. The lowest BCUT2D eigenvalue weighted by atomic mass is 9.75. The van der Waals surface area contributed by atoms with Crippen LogP contribution in [0.15, 0.2) is 12.4 Å².